The largest absolute Gasteiger partial charge is 0.374 e. The lowest BCUT2D eigenvalue weighted by molar-refractivity contribution is -0.123. The summed E-state index contributed by atoms with van der Waals surface area (Å²) in [5, 5.41) is 2.99. The summed E-state index contributed by atoms with van der Waals surface area (Å²) in [4.78, 5) is 11.4. The van der Waals surface area contributed by atoms with Crippen LogP contribution < -0.4 is 5.32 Å². The molecule has 0 radical (unpaired) electrons. The van der Waals surface area contributed by atoms with E-state index in [9.17, 15) is 4.79 Å². The Hall–Kier alpha value is -1.04. The molecular weight excluding hydrogens is 291 g/mol. The van der Waals surface area contributed by atoms with Gasteiger partial charge < -0.3 is 5.32 Å². The van der Waals surface area contributed by atoms with Crippen molar-refractivity contribution in [2.45, 2.75) is 0 Å². The third-order valence-electron chi connectivity index (χ3n) is 1.73. The normalized spacial score (nSPS) is 17.2. The lowest BCUT2D eigenvalue weighted by atomic mass is 10.2. The van der Waals surface area contributed by atoms with Crippen LogP contribution in [-0.4, -0.2) is 15.6 Å². The molecule has 1 aliphatic rings. The zero-order valence-corrected chi connectivity index (χ0v) is 9.82. The number of carbonyl (C=O) groups excluding carboxylic acids is 1. The summed E-state index contributed by atoms with van der Waals surface area (Å²) in [5.74, 6) is 0.0277. The molecule has 0 bridgehead atoms. The lowest BCUT2D eigenvalue weighted by Crippen LogP contribution is -2.37. The monoisotopic (exact) mass is 302 g/mol. The first kappa shape index (κ1) is 11.0. The maximum absolute atomic E-state index is 11.4. The van der Waals surface area contributed by atoms with Gasteiger partial charge in [-0.15, -0.1) is 0 Å². The molecule has 74 valence electrons. The molecule has 1 amide bonds. The van der Waals surface area contributed by atoms with Gasteiger partial charge in [-0.2, -0.15) is 0 Å². The second-order valence-corrected chi connectivity index (χ2v) is 3.59. The fourth-order valence-electron chi connectivity index (χ4n) is 1.06. The van der Waals surface area contributed by atoms with Crippen LogP contribution in [0.15, 0.2) is 48.9 Å². The van der Waals surface area contributed by atoms with E-state index < -0.39 is 0 Å². The molecular formula is C10H11IN2O. The van der Waals surface area contributed by atoms with Gasteiger partial charge in [-0.1, -0.05) is 25.3 Å². The highest BCUT2D eigenvalue weighted by molar-refractivity contribution is 14.1. The van der Waals surface area contributed by atoms with Crippen LogP contribution >= 0.6 is 22.9 Å². The van der Waals surface area contributed by atoms with Gasteiger partial charge in [0.2, 0.25) is 0 Å². The van der Waals surface area contributed by atoms with Crippen LogP contribution in [0.2, 0.25) is 0 Å². The van der Waals surface area contributed by atoms with E-state index in [-0.39, 0.29) is 5.91 Å². The van der Waals surface area contributed by atoms with Gasteiger partial charge in [-0.3, -0.25) is 4.79 Å². The van der Waals surface area contributed by atoms with Gasteiger partial charge in [0, 0.05) is 0 Å². The van der Waals surface area contributed by atoms with Gasteiger partial charge in [-0.25, -0.2) is 3.11 Å². The van der Waals surface area contributed by atoms with Crippen LogP contribution in [-0.2, 0) is 4.79 Å². The van der Waals surface area contributed by atoms with Crippen LogP contribution in [0.4, 0.5) is 0 Å². The summed E-state index contributed by atoms with van der Waals surface area (Å²) < 4.78 is 1.57. The van der Waals surface area contributed by atoms with E-state index in [0.29, 0.717) is 6.54 Å². The van der Waals surface area contributed by atoms with Gasteiger partial charge in [0.15, 0.2) is 0 Å². The summed E-state index contributed by atoms with van der Waals surface area (Å²) in [6, 6.07) is 0. The zero-order chi connectivity index (χ0) is 10.6. The van der Waals surface area contributed by atoms with E-state index in [1.165, 1.54) is 0 Å². The van der Waals surface area contributed by atoms with Crippen LogP contribution in [0, 0.1) is 0 Å². The minimum absolute atomic E-state index is 0.0277. The number of nitrogens with one attached hydrogen (secondary N) is 1. The maximum Gasteiger partial charge on any atom is 0.255 e. The number of halogens is 1. The lowest BCUT2D eigenvalue weighted by Gasteiger charge is -2.24. The molecule has 0 unspecified atom stereocenters. The molecule has 3 nitrogen and oxygen atoms in total. The molecule has 14 heavy (non-hydrogen) atoms. The first-order valence-corrected chi connectivity index (χ1v) is 5.05. The van der Waals surface area contributed by atoms with Crippen molar-refractivity contribution in [2.75, 3.05) is 6.54 Å². The van der Waals surface area contributed by atoms with E-state index in [4.69, 9.17) is 0 Å². The van der Waals surface area contributed by atoms with E-state index in [1.54, 1.807) is 21.3 Å². The summed E-state index contributed by atoms with van der Waals surface area (Å²) in [5.41, 5.74) is 1.66. The van der Waals surface area contributed by atoms with Crippen molar-refractivity contribution < 1.29 is 4.79 Å². The Bertz CT molecular complexity index is 331. The van der Waals surface area contributed by atoms with Crippen LogP contribution in [0.5, 0.6) is 0 Å². The van der Waals surface area contributed by atoms with Crippen molar-refractivity contribution in [2.24, 2.45) is 0 Å². The molecule has 0 fully saturated rings. The molecule has 1 aliphatic heterocycles. The van der Waals surface area contributed by atoms with Gasteiger partial charge in [0.25, 0.3) is 5.91 Å². The van der Waals surface area contributed by atoms with Crippen LogP contribution in [0.25, 0.3) is 0 Å². The fourth-order valence-corrected chi connectivity index (χ4v) is 1.65. The summed E-state index contributed by atoms with van der Waals surface area (Å²) in [7, 11) is 0. The van der Waals surface area contributed by atoms with Gasteiger partial charge in [0.1, 0.15) is 0 Å². The molecule has 1 N–H and O–H groups in total. The van der Waals surface area contributed by atoms with E-state index in [2.05, 4.69) is 18.5 Å². The second-order valence-electron chi connectivity index (χ2n) is 2.63. The number of allylic oxidation sites excluding steroid dienone is 4. The minimum Gasteiger partial charge on any atom is -0.374 e. The number of nitrogens with zero attached hydrogens (tertiary/aromatic N) is 1. The second kappa shape index (κ2) is 4.99. The molecule has 1 rings (SSSR count). The molecule has 0 saturated heterocycles. The Balaban J connectivity index is 3.06. The molecule has 0 saturated carbocycles. The smallest absolute Gasteiger partial charge is 0.255 e. The van der Waals surface area contributed by atoms with Crippen molar-refractivity contribution in [3.05, 3.63) is 48.9 Å². The first-order chi connectivity index (χ1) is 6.70. The zero-order valence-electron chi connectivity index (χ0n) is 7.66. The Morgan fingerprint density at radius 1 is 1.50 bits per heavy atom. The SMILES string of the molecule is C=C/C=C\C1=C(C=C)NCC(=O)N1I. The highest BCUT2D eigenvalue weighted by Gasteiger charge is 2.21. The summed E-state index contributed by atoms with van der Waals surface area (Å²) in [6.45, 7) is 7.57. The Morgan fingerprint density at radius 2 is 2.21 bits per heavy atom. The van der Waals surface area contributed by atoms with Crippen molar-refractivity contribution in [3.63, 3.8) is 0 Å². The van der Waals surface area contributed by atoms with Crippen molar-refractivity contribution >= 4 is 28.8 Å². The summed E-state index contributed by atoms with van der Waals surface area (Å²) in [6.07, 6.45) is 6.96. The minimum atomic E-state index is 0.0277. The molecule has 0 aromatic carbocycles. The Morgan fingerprint density at radius 3 is 2.79 bits per heavy atom. The average molecular weight is 302 g/mol. The van der Waals surface area contributed by atoms with Crippen LogP contribution in [0.1, 0.15) is 0 Å². The number of rotatable bonds is 3. The number of carbonyl (C=O) groups is 1. The molecule has 0 spiro atoms. The van der Waals surface area contributed by atoms with Gasteiger partial charge >= 0.3 is 0 Å². The maximum atomic E-state index is 11.4. The Kier molecular flexibility index (Phi) is 3.94. The average Bonchev–Trinajstić information content (AvgIpc) is 2.20. The Labute approximate surface area is 97.3 Å². The van der Waals surface area contributed by atoms with E-state index >= 15 is 0 Å². The standard InChI is InChI=1S/C10H11IN2O/c1-3-5-6-9-8(4-2)12-7-10(14)13(9)11/h3-6,12H,1-2,7H2/b6-5-. The number of hydrogen-bond donors (Lipinski definition) is 1. The van der Waals surface area contributed by atoms with Gasteiger partial charge in [0.05, 0.1) is 40.8 Å². The fraction of sp³-hybridized carbons (Fsp3) is 0.100. The molecule has 0 aromatic heterocycles. The van der Waals surface area contributed by atoms with Crippen molar-refractivity contribution in [3.8, 4) is 0 Å². The van der Waals surface area contributed by atoms with E-state index in [0.717, 1.165) is 11.4 Å². The third-order valence-corrected chi connectivity index (χ3v) is 2.79. The summed E-state index contributed by atoms with van der Waals surface area (Å²) >= 11 is 1.98. The highest BCUT2D eigenvalue weighted by Crippen LogP contribution is 2.20. The predicted octanol–water partition coefficient (Wildman–Crippen LogP) is 1.91. The van der Waals surface area contributed by atoms with Crippen molar-refractivity contribution in [1.29, 1.82) is 0 Å². The van der Waals surface area contributed by atoms with Gasteiger partial charge in [-0.05, 0) is 12.2 Å². The third kappa shape index (κ3) is 2.25. The number of amides is 1. The molecule has 0 atom stereocenters. The number of hydrogen-bond acceptors (Lipinski definition) is 2. The molecule has 0 aromatic rings. The van der Waals surface area contributed by atoms with Crippen molar-refractivity contribution in [1.82, 2.24) is 8.43 Å². The van der Waals surface area contributed by atoms with E-state index in [1.807, 2.05) is 28.9 Å². The quantitative estimate of drug-likeness (QED) is 0.491. The molecule has 4 heteroatoms. The molecule has 0 aliphatic carbocycles. The molecule has 1 heterocycles. The highest BCUT2D eigenvalue weighted by atomic mass is 127. The predicted molar refractivity (Wildman–Crippen MR) is 65.4 cm³/mol. The first-order valence-electron chi connectivity index (χ1n) is 4.09. The topological polar surface area (TPSA) is 32.3 Å². The van der Waals surface area contributed by atoms with Crippen LogP contribution in [0.3, 0.4) is 0 Å².